The van der Waals surface area contributed by atoms with Gasteiger partial charge in [0.15, 0.2) is 6.10 Å². The lowest BCUT2D eigenvalue weighted by Crippen LogP contribution is -2.28. The average Bonchev–Trinajstić information content (AvgIpc) is 3.07. The summed E-state index contributed by atoms with van der Waals surface area (Å²) in [5.41, 5.74) is 0.977. The van der Waals surface area contributed by atoms with E-state index in [0.717, 1.165) is 18.2 Å². The van der Waals surface area contributed by atoms with Crippen molar-refractivity contribution < 1.29 is 22.3 Å². The fraction of sp³-hybridized carbons (Fsp3) is 0.692. The molecule has 0 saturated heterocycles. The van der Waals surface area contributed by atoms with E-state index in [0.29, 0.717) is 18.3 Å². The maximum Gasteiger partial charge on any atom is 0.414 e. The molecular formula is C13H18F3NO2. The van der Waals surface area contributed by atoms with Crippen LogP contribution < -0.4 is 5.32 Å². The zero-order valence-electron chi connectivity index (χ0n) is 11.0. The Labute approximate surface area is 110 Å². The van der Waals surface area contributed by atoms with Crippen LogP contribution in [0.1, 0.15) is 36.8 Å². The van der Waals surface area contributed by atoms with Crippen LogP contribution in [0.2, 0.25) is 0 Å². The first kappa shape index (κ1) is 14.4. The first-order chi connectivity index (χ1) is 8.86. The SMILES string of the molecule is Cc1oc(COC(C)C(F)(F)F)cc1CNC1CC1. The van der Waals surface area contributed by atoms with Crippen LogP contribution >= 0.6 is 0 Å². The minimum Gasteiger partial charge on any atom is -0.464 e. The molecule has 3 nitrogen and oxygen atoms in total. The molecule has 0 aliphatic heterocycles. The van der Waals surface area contributed by atoms with Crippen molar-refractivity contribution in [3.63, 3.8) is 0 Å². The topological polar surface area (TPSA) is 34.4 Å². The molecule has 6 heteroatoms. The number of hydrogen-bond acceptors (Lipinski definition) is 3. The third-order valence-corrected chi connectivity index (χ3v) is 3.17. The van der Waals surface area contributed by atoms with Gasteiger partial charge in [0.1, 0.15) is 18.1 Å². The maximum absolute atomic E-state index is 12.3. The second kappa shape index (κ2) is 5.54. The standard InChI is InChI=1S/C13H18F3NO2/c1-8-10(6-17-11-3-4-11)5-12(19-8)7-18-9(2)13(14,15)16/h5,9,11,17H,3-4,6-7H2,1-2H3. The molecule has 19 heavy (non-hydrogen) atoms. The molecule has 0 aromatic carbocycles. The number of ether oxygens (including phenoxy) is 1. The molecule has 1 unspecified atom stereocenters. The fourth-order valence-corrected chi connectivity index (χ4v) is 1.68. The van der Waals surface area contributed by atoms with Gasteiger partial charge in [0.2, 0.25) is 0 Å². The normalized spacial score (nSPS) is 17.7. The quantitative estimate of drug-likeness (QED) is 0.866. The fourth-order valence-electron chi connectivity index (χ4n) is 1.68. The molecule has 0 spiro atoms. The van der Waals surface area contributed by atoms with Crippen molar-refractivity contribution in [3.8, 4) is 0 Å². The summed E-state index contributed by atoms with van der Waals surface area (Å²) in [4.78, 5) is 0. The van der Waals surface area contributed by atoms with Gasteiger partial charge in [-0.25, -0.2) is 0 Å². The van der Waals surface area contributed by atoms with Crippen LogP contribution in [0.4, 0.5) is 13.2 Å². The van der Waals surface area contributed by atoms with Crippen LogP contribution in [0.15, 0.2) is 10.5 Å². The highest BCUT2D eigenvalue weighted by Gasteiger charge is 2.37. The smallest absolute Gasteiger partial charge is 0.414 e. The Morgan fingerprint density at radius 3 is 2.74 bits per heavy atom. The zero-order chi connectivity index (χ0) is 14.0. The molecule has 1 saturated carbocycles. The highest BCUT2D eigenvalue weighted by molar-refractivity contribution is 5.20. The van der Waals surface area contributed by atoms with Crippen LogP contribution in [-0.2, 0) is 17.9 Å². The number of nitrogens with one attached hydrogen (secondary N) is 1. The lowest BCUT2D eigenvalue weighted by molar-refractivity contribution is -0.218. The van der Waals surface area contributed by atoms with E-state index in [9.17, 15) is 13.2 Å². The van der Waals surface area contributed by atoms with Gasteiger partial charge in [-0.2, -0.15) is 13.2 Å². The summed E-state index contributed by atoms with van der Waals surface area (Å²) in [6.07, 6.45) is -3.74. The summed E-state index contributed by atoms with van der Waals surface area (Å²) in [5, 5.41) is 3.34. The van der Waals surface area contributed by atoms with Crippen molar-refractivity contribution in [2.24, 2.45) is 0 Å². The van der Waals surface area contributed by atoms with Gasteiger partial charge in [0.25, 0.3) is 0 Å². The largest absolute Gasteiger partial charge is 0.464 e. The molecule has 1 fully saturated rings. The van der Waals surface area contributed by atoms with Crippen LogP contribution in [0, 0.1) is 6.92 Å². The Bertz CT molecular complexity index is 424. The van der Waals surface area contributed by atoms with Crippen molar-refractivity contribution in [2.45, 2.75) is 58.2 Å². The van der Waals surface area contributed by atoms with Crippen molar-refractivity contribution in [2.75, 3.05) is 0 Å². The van der Waals surface area contributed by atoms with E-state index >= 15 is 0 Å². The lowest BCUT2D eigenvalue weighted by atomic mass is 10.2. The summed E-state index contributed by atoms with van der Waals surface area (Å²) >= 11 is 0. The lowest BCUT2D eigenvalue weighted by Gasteiger charge is -2.15. The minimum absolute atomic E-state index is 0.162. The number of hydrogen-bond donors (Lipinski definition) is 1. The Morgan fingerprint density at radius 2 is 2.16 bits per heavy atom. The Morgan fingerprint density at radius 1 is 1.47 bits per heavy atom. The number of furan rings is 1. The maximum atomic E-state index is 12.3. The van der Waals surface area contributed by atoms with Gasteiger partial charge in [-0.15, -0.1) is 0 Å². The van der Waals surface area contributed by atoms with Gasteiger partial charge < -0.3 is 14.5 Å². The van der Waals surface area contributed by atoms with E-state index in [1.54, 1.807) is 13.0 Å². The highest BCUT2D eigenvalue weighted by atomic mass is 19.4. The summed E-state index contributed by atoms with van der Waals surface area (Å²) in [6.45, 7) is 3.33. The monoisotopic (exact) mass is 277 g/mol. The van der Waals surface area contributed by atoms with Gasteiger partial charge in [0, 0.05) is 18.2 Å². The second-order valence-corrected chi connectivity index (χ2v) is 4.94. The predicted molar refractivity (Wildman–Crippen MR) is 63.6 cm³/mol. The van der Waals surface area contributed by atoms with E-state index < -0.39 is 12.3 Å². The summed E-state index contributed by atoms with van der Waals surface area (Å²) in [7, 11) is 0. The zero-order valence-corrected chi connectivity index (χ0v) is 11.0. The summed E-state index contributed by atoms with van der Waals surface area (Å²) in [6, 6.07) is 2.34. The third kappa shape index (κ3) is 4.24. The first-order valence-corrected chi connectivity index (χ1v) is 6.36. The number of halogens is 3. The second-order valence-electron chi connectivity index (χ2n) is 4.94. The summed E-state index contributed by atoms with van der Waals surface area (Å²) in [5.74, 6) is 1.16. The molecule has 1 aliphatic rings. The Balaban J connectivity index is 1.84. The molecule has 1 aromatic heterocycles. The Kier molecular flexibility index (Phi) is 4.20. The molecule has 108 valence electrons. The molecule has 0 amide bonds. The van der Waals surface area contributed by atoms with Crippen LogP contribution in [0.25, 0.3) is 0 Å². The first-order valence-electron chi connectivity index (χ1n) is 6.36. The van der Waals surface area contributed by atoms with Gasteiger partial charge in [-0.05, 0) is 32.8 Å². The van der Waals surface area contributed by atoms with Crippen LogP contribution in [0.5, 0.6) is 0 Å². The number of aryl methyl sites for hydroxylation is 1. The van der Waals surface area contributed by atoms with E-state index in [2.05, 4.69) is 5.32 Å². The van der Waals surface area contributed by atoms with Gasteiger partial charge in [-0.1, -0.05) is 0 Å². The molecule has 1 atom stereocenters. The third-order valence-electron chi connectivity index (χ3n) is 3.17. The molecular weight excluding hydrogens is 259 g/mol. The van der Waals surface area contributed by atoms with Crippen LogP contribution in [0.3, 0.4) is 0 Å². The Hall–Kier alpha value is -1.01. The van der Waals surface area contributed by atoms with Crippen molar-refractivity contribution in [1.29, 1.82) is 0 Å². The molecule has 2 rings (SSSR count). The van der Waals surface area contributed by atoms with E-state index in [1.165, 1.54) is 12.8 Å². The molecule has 0 bridgehead atoms. The molecule has 1 aliphatic carbocycles. The van der Waals surface area contributed by atoms with Gasteiger partial charge in [-0.3, -0.25) is 0 Å². The van der Waals surface area contributed by atoms with Gasteiger partial charge in [0.05, 0.1) is 0 Å². The average molecular weight is 277 g/mol. The molecule has 1 heterocycles. The van der Waals surface area contributed by atoms with Crippen molar-refractivity contribution in [3.05, 3.63) is 23.2 Å². The van der Waals surface area contributed by atoms with Crippen molar-refractivity contribution in [1.82, 2.24) is 5.32 Å². The van der Waals surface area contributed by atoms with Gasteiger partial charge >= 0.3 is 6.18 Å². The predicted octanol–water partition coefficient (Wildman–Crippen LogP) is 3.31. The van der Waals surface area contributed by atoms with E-state index in [1.807, 2.05) is 0 Å². The summed E-state index contributed by atoms with van der Waals surface area (Å²) < 4.78 is 47.0. The van der Waals surface area contributed by atoms with E-state index in [-0.39, 0.29) is 6.61 Å². The minimum atomic E-state index is -4.34. The molecule has 1 aromatic rings. The number of alkyl halides is 3. The molecule has 1 N–H and O–H groups in total. The highest BCUT2D eigenvalue weighted by Crippen LogP contribution is 2.25. The number of rotatable bonds is 6. The van der Waals surface area contributed by atoms with Crippen molar-refractivity contribution >= 4 is 0 Å². The van der Waals surface area contributed by atoms with E-state index in [4.69, 9.17) is 9.15 Å². The molecule has 0 radical (unpaired) electrons. The van der Waals surface area contributed by atoms with Crippen LogP contribution in [-0.4, -0.2) is 18.3 Å².